The van der Waals surface area contributed by atoms with Crippen LogP contribution < -0.4 is 5.32 Å². The molecule has 1 saturated heterocycles. The van der Waals surface area contributed by atoms with Gasteiger partial charge in [-0.3, -0.25) is 9.69 Å². The number of carbonyl (C=O) groups is 1. The monoisotopic (exact) mass is 458 g/mol. The highest BCUT2D eigenvalue weighted by molar-refractivity contribution is 7.91. The number of hydrogen-bond acceptors (Lipinski definition) is 6. The van der Waals surface area contributed by atoms with Gasteiger partial charge in [-0.15, -0.1) is 11.3 Å². The average Bonchev–Trinajstić information content (AvgIpc) is 3.49. The third kappa shape index (κ3) is 5.64. The highest BCUT2D eigenvalue weighted by Gasteiger charge is 2.34. The Hall–Kier alpha value is -2.42. The molecule has 1 aromatic carbocycles. The van der Waals surface area contributed by atoms with Crippen molar-refractivity contribution in [1.29, 1.82) is 0 Å². The second kappa shape index (κ2) is 9.38. The number of rotatable bonds is 8. The lowest BCUT2D eigenvalue weighted by Gasteiger charge is -2.27. The number of sulfone groups is 1. The van der Waals surface area contributed by atoms with Crippen molar-refractivity contribution in [3.05, 3.63) is 81.9 Å². The quantitative estimate of drug-likeness (QED) is 0.559. The molecule has 0 spiro atoms. The normalized spacial score (nSPS) is 18.8. The lowest BCUT2D eigenvalue weighted by molar-refractivity contribution is -0.123. The molecular formula is C23H26N2O4S2. The lowest BCUT2D eigenvalue weighted by atomic mass is 10.0. The van der Waals surface area contributed by atoms with E-state index < -0.39 is 9.84 Å². The fourth-order valence-corrected chi connectivity index (χ4v) is 6.47. The minimum absolute atomic E-state index is 0.0767. The number of nitrogens with zero attached hydrogens (tertiary/aromatic N) is 1. The molecule has 1 amide bonds. The van der Waals surface area contributed by atoms with Gasteiger partial charge in [0.2, 0.25) is 5.91 Å². The molecule has 0 aliphatic carbocycles. The summed E-state index contributed by atoms with van der Waals surface area (Å²) in [6.45, 7) is 2.54. The van der Waals surface area contributed by atoms with Crippen molar-refractivity contribution in [2.75, 3.05) is 18.1 Å². The number of hydrogen-bond donors (Lipinski definition) is 1. The van der Waals surface area contributed by atoms with Gasteiger partial charge in [0.15, 0.2) is 9.84 Å². The maximum Gasteiger partial charge on any atom is 0.234 e. The van der Waals surface area contributed by atoms with Gasteiger partial charge in [-0.25, -0.2) is 8.42 Å². The van der Waals surface area contributed by atoms with E-state index in [9.17, 15) is 13.2 Å². The van der Waals surface area contributed by atoms with E-state index >= 15 is 0 Å². The molecule has 0 saturated carbocycles. The SMILES string of the molecule is Cc1ccc([C@H](NC(=O)CN(Cc2ccco2)[C@H]2CCS(=O)(=O)C2)c2cccs2)cc1. The topological polar surface area (TPSA) is 79.6 Å². The van der Waals surface area contributed by atoms with Crippen molar-refractivity contribution < 1.29 is 17.6 Å². The molecule has 0 radical (unpaired) electrons. The van der Waals surface area contributed by atoms with Crippen molar-refractivity contribution >= 4 is 27.1 Å². The first kappa shape index (κ1) is 21.8. The first-order chi connectivity index (χ1) is 14.9. The summed E-state index contributed by atoms with van der Waals surface area (Å²) in [5, 5.41) is 5.15. The third-order valence-corrected chi connectivity index (χ3v) is 8.24. The van der Waals surface area contributed by atoms with Gasteiger partial charge in [-0.05, 0) is 42.5 Å². The highest BCUT2D eigenvalue weighted by Crippen LogP contribution is 2.27. The minimum Gasteiger partial charge on any atom is -0.468 e. The second-order valence-electron chi connectivity index (χ2n) is 7.97. The Bertz CT molecular complexity index is 1090. The van der Waals surface area contributed by atoms with Crippen molar-refractivity contribution in [1.82, 2.24) is 10.2 Å². The van der Waals surface area contributed by atoms with Gasteiger partial charge in [0, 0.05) is 10.9 Å². The summed E-state index contributed by atoms with van der Waals surface area (Å²) < 4.78 is 29.5. The van der Waals surface area contributed by atoms with E-state index in [1.807, 2.05) is 59.7 Å². The third-order valence-electron chi connectivity index (χ3n) is 5.55. The largest absolute Gasteiger partial charge is 0.468 e. The fraction of sp³-hybridized carbons (Fsp3) is 0.348. The molecule has 164 valence electrons. The summed E-state index contributed by atoms with van der Waals surface area (Å²) in [6, 6.07) is 15.3. The average molecular weight is 459 g/mol. The van der Waals surface area contributed by atoms with Gasteiger partial charge < -0.3 is 9.73 Å². The number of furan rings is 1. The number of carbonyl (C=O) groups excluding carboxylic acids is 1. The Morgan fingerprint density at radius 3 is 2.65 bits per heavy atom. The summed E-state index contributed by atoms with van der Waals surface area (Å²) >= 11 is 1.60. The number of amides is 1. The van der Waals surface area contributed by atoms with Crippen LogP contribution in [0.1, 0.15) is 34.2 Å². The van der Waals surface area contributed by atoms with Crippen LogP contribution in [-0.4, -0.2) is 43.3 Å². The fourth-order valence-electron chi connectivity index (χ4n) is 3.90. The van der Waals surface area contributed by atoms with Crippen molar-refractivity contribution in [3.8, 4) is 0 Å². The molecular weight excluding hydrogens is 432 g/mol. The van der Waals surface area contributed by atoms with E-state index in [0.29, 0.717) is 18.7 Å². The van der Waals surface area contributed by atoms with E-state index in [1.54, 1.807) is 23.7 Å². The second-order valence-corrected chi connectivity index (χ2v) is 11.2. The molecule has 1 aliphatic heterocycles. The standard InChI is InChI=1S/C23H26N2O4S2/c1-17-6-8-18(9-7-17)23(21-5-3-12-30-21)24-22(26)15-25(14-20-4-2-11-29-20)19-10-13-31(27,28)16-19/h2-9,11-12,19,23H,10,13-16H2,1H3,(H,24,26)/t19-,23-/m0/s1. The molecule has 6 nitrogen and oxygen atoms in total. The minimum atomic E-state index is -3.06. The predicted octanol–water partition coefficient (Wildman–Crippen LogP) is 3.54. The van der Waals surface area contributed by atoms with Crippen LogP contribution in [0.25, 0.3) is 0 Å². The van der Waals surface area contributed by atoms with Crippen LogP contribution in [0.4, 0.5) is 0 Å². The van der Waals surface area contributed by atoms with E-state index in [0.717, 1.165) is 16.0 Å². The molecule has 2 atom stereocenters. The summed E-state index contributed by atoms with van der Waals surface area (Å²) in [4.78, 5) is 16.1. The van der Waals surface area contributed by atoms with Gasteiger partial charge in [-0.2, -0.15) is 0 Å². The number of thiophene rings is 1. The summed E-state index contributed by atoms with van der Waals surface area (Å²) in [5.41, 5.74) is 2.18. The number of benzene rings is 1. The Balaban J connectivity index is 1.51. The first-order valence-electron chi connectivity index (χ1n) is 10.3. The Kier molecular flexibility index (Phi) is 6.60. The van der Waals surface area contributed by atoms with E-state index in [4.69, 9.17) is 4.42 Å². The molecule has 31 heavy (non-hydrogen) atoms. The van der Waals surface area contributed by atoms with Gasteiger partial charge in [0.25, 0.3) is 0 Å². The zero-order chi connectivity index (χ0) is 21.8. The van der Waals surface area contributed by atoms with Crippen LogP contribution in [0.15, 0.2) is 64.6 Å². The first-order valence-corrected chi connectivity index (χ1v) is 13.0. The van der Waals surface area contributed by atoms with Crippen LogP contribution in [0.3, 0.4) is 0 Å². The van der Waals surface area contributed by atoms with Gasteiger partial charge in [0.05, 0.1) is 36.9 Å². The van der Waals surface area contributed by atoms with Gasteiger partial charge >= 0.3 is 0 Å². The molecule has 3 heterocycles. The molecule has 1 N–H and O–H groups in total. The van der Waals surface area contributed by atoms with Gasteiger partial charge in [0.1, 0.15) is 5.76 Å². The molecule has 8 heteroatoms. The Labute approximate surface area is 186 Å². The molecule has 0 unspecified atom stereocenters. The van der Waals surface area contributed by atoms with Gasteiger partial charge in [-0.1, -0.05) is 35.9 Å². The Morgan fingerprint density at radius 2 is 2.03 bits per heavy atom. The maximum absolute atomic E-state index is 13.1. The van der Waals surface area contributed by atoms with E-state index in [1.165, 1.54) is 0 Å². The predicted molar refractivity (Wildman–Crippen MR) is 122 cm³/mol. The van der Waals surface area contributed by atoms with Crippen LogP contribution in [0, 0.1) is 6.92 Å². The molecule has 1 fully saturated rings. The lowest BCUT2D eigenvalue weighted by Crippen LogP contribution is -2.44. The number of nitrogens with one attached hydrogen (secondary N) is 1. The van der Waals surface area contributed by atoms with Crippen molar-refractivity contribution in [2.24, 2.45) is 0 Å². The van der Waals surface area contributed by atoms with Crippen LogP contribution in [0.5, 0.6) is 0 Å². The summed E-state index contributed by atoms with van der Waals surface area (Å²) in [5.74, 6) is 0.808. The zero-order valence-corrected chi connectivity index (χ0v) is 19.0. The molecule has 1 aliphatic rings. The molecule has 2 aromatic heterocycles. The van der Waals surface area contributed by atoms with Crippen molar-refractivity contribution in [3.63, 3.8) is 0 Å². The maximum atomic E-state index is 13.1. The smallest absolute Gasteiger partial charge is 0.234 e. The van der Waals surface area contributed by atoms with Crippen LogP contribution in [-0.2, 0) is 21.2 Å². The molecule has 4 rings (SSSR count). The van der Waals surface area contributed by atoms with Crippen LogP contribution >= 0.6 is 11.3 Å². The zero-order valence-electron chi connectivity index (χ0n) is 17.4. The summed E-state index contributed by atoms with van der Waals surface area (Å²) in [6.07, 6.45) is 2.12. The molecule has 0 bridgehead atoms. The van der Waals surface area contributed by atoms with Crippen LogP contribution in [0.2, 0.25) is 0 Å². The Morgan fingerprint density at radius 1 is 1.23 bits per heavy atom. The molecule has 3 aromatic rings. The van der Waals surface area contributed by atoms with Crippen molar-refractivity contribution in [2.45, 2.75) is 32.0 Å². The van der Waals surface area contributed by atoms with E-state index in [-0.39, 0.29) is 36.0 Å². The number of aryl methyl sites for hydroxylation is 1. The highest BCUT2D eigenvalue weighted by atomic mass is 32.2. The summed E-state index contributed by atoms with van der Waals surface area (Å²) in [7, 11) is -3.06. The van der Waals surface area contributed by atoms with E-state index in [2.05, 4.69) is 5.32 Å².